The molecule has 33 heavy (non-hydrogen) atoms. The lowest BCUT2D eigenvalue weighted by Crippen LogP contribution is -2.43. The summed E-state index contributed by atoms with van der Waals surface area (Å²) in [5.74, 6) is 1.17. The molecule has 1 atom stereocenters. The molecular formula is C23H29F3N6O. The highest BCUT2D eigenvalue weighted by molar-refractivity contribution is 5.91. The number of aliphatic imine (C=N–C) groups is 1. The fourth-order valence-corrected chi connectivity index (χ4v) is 3.50. The van der Waals surface area contributed by atoms with Crippen LogP contribution < -0.4 is 16.4 Å². The molecule has 2 amide bonds. The van der Waals surface area contributed by atoms with Crippen molar-refractivity contribution in [2.24, 2.45) is 16.6 Å². The van der Waals surface area contributed by atoms with Crippen molar-refractivity contribution in [2.75, 3.05) is 18.4 Å². The quantitative estimate of drug-likeness (QED) is 0.456. The van der Waals surface area contributed by atoms with Gasteiger partial charge in [-0.1, -0.05) is 19.9 Å². The molecule has 1 aliphatic rings. The number of guanidine groups is 1. The molecule has 0 aliphatic carbocycles. The third-order valence-corrected chi connectivity index (χ3v) is 5.34. The number of nitrogens with zero attached hydrogens (tertiary/aromatic N) is 3. The predicted octanol–water partition coefficient (Wildman–Crippen LogP) is 4.31. The van der Waals surface area contributed by atoms with Crippen molar-refractivity contribution in [3.63, 3.8) is 0 Å². The van der Waals surface area contributed by atoms with Crippen LogP contribution in [-0.2, 0) is 19.1 Å². The summed E-state index contributed by atoms with van der Waals surface area (Å²) in [5, 5.41) is 5.89. The van der Waals surface area contributed by atoms with E-state index < -0.39 is 11.7 Å². The first kappa shape index (κ1) is 24.3. The fourth-order valence-electron chi connectivity index (χ4n) is 3.50. The number of nitrogens with two attached hydrogens (primary N) is 1. The number of fused-ring (bicyclic) bond motifs is 1. The maximum Gasteiger partial charge on any atom is 0.416 e. The van der Waals surface area contributed by atoms with Crippen molar-refractivity contribution in [3.05, 3.63) is 58.8 Å². The van der Waals surface area contributed by atoms with Crippen molar-refractivity contribution >= 4 is 17.8 Å². The fraction of sp³-hybridized carbons (Fsp3) is 0.435. The van der Waals surface area contributed by atoms with Gasteiger partial charge < -0.3 is 21.3 Å². The second-order valence-corrected chi connectivity index (χ2v) is 8.54. The molecule has 0 saturated heterocycles. The van der Waals surface area contributed by atoms with Gasteiger partial charge in [-0.3, -0.25) is 4.99 Å². The summed E-state index contributed by atoms with van der Waals surface area (Å²) in [4.78, 5) is 22.9. The third-order valence-electron chi connectivity index (χ3n) is 5.34. The Balaban J connectivity index is 1.61. The zero-order chi connectivity index (χ0) is 24.2. The average molecular weight is 463 g/mol. The Morgan fingerprint density at radius 1 is 1.21 bits per heavy atom. The molecule has 0 spiro atoms. The van der Waals surface area contributed by atoms with E-state index in [-0.39, 0.29) is 24.6 Å². The third kappa shape index (κ3) is 6.59. The molecule has 10 heteroatoms. The van der Waals surface area contributed by atoms with Crippen LogP contribution in [0.5, 0.6) is 0 Å². The number of alkyl halides is 3. The van der Waals surface area contributed by atoms with Crippen molar-refractivity contribution in [2.45, 2.75) is 46.0 Å². The normalized spacial score (nSPS) is 15.2. The molecule has 2 aromatic rings. The molecule has 4 N–H and O–H groups in total. The number of amides is 2. The van der Waals surface area contributed by atoms with Gasteiger partial charge in [-0.15, -0.1) is 0 Å². The maximum atomic E-state index is 12.9. The topological polar surface area (TPSA) is 95.6 Å². The van der Waals surface area contributed by atoms with Gasteiger partial charge in [0.2, 0.25) is 0 Å². The van der Waals surface area contributed by atoms with Gasteiger partial charge in [-0.2, -0.15) is 13.2 Å². The van der Waals surface area contributed by atoms with E-state index in [9.17, 15) is 18.0 Å². The van der Waals surface area contributed by atoms with Crippen LogP contribution in [0.15, 0.2) is 41.5 Å². The lowest BCUT2D eigenvalue weighted by atomic mass is 9.97. The number of halogens is 3. The van der Waals surface area contributed by atoms with Gasteiger partial charge >= 0.3 is 12.2 Å². The van der Waals surface area contributed by atoms with Crippen LogP contribution in [0.2, 0.25) is 0 Å². The number of urea groups is 1. The van der Waals surface area contributed by atoms with Crippen LogP contribution in [0.1, 0.15) is 49.1 Å². The Hall–Kier alpha value is -3.30. The predicted molar refractivity (Wildman–Crippen MR) is 122 cm³/mol. The minimum atomic E-state index is -4.37. The van der Waals surface area contributed by atoms with Gasteiger partial charge in [-0.05, 0) is 60.2 Å². The molecule has 2 heterocycles. The van der Waals surface area contributed by atoms with Crippen LogP contribution >= 0.6 is 0 Å². The highest BCUT2D eigenvalue weighted by atomic mass is 19.4. The van der Waals surface area contributed by atoms with Crippen LogP contribution in [0.3, 0.4) is 0 Å². The molecule has 7 nitrogen and oxygen atoms in total. The number of pyridine rings is 1. The van der Waals surface area contributed by atoms with Crippen molar-refractivity contribution in [1.82, 2.24) is 15.2 Å². The number of benzene rings is 1. The number of anilines is 1. The minimum Gasteiger partial charge on any atom is -0.370 e. The summed E-state index contributed by atoms with van der Waals surface area (Å²) < 4.78 is 38.8. The molecular weight excluding hydrogens is 433 g/mol. The van der Waals surface area contributed by atoms with E-state index in [4.69, 9.17) is 5.73 Å². The van der Waals surface area contributed by atoms with E-state index in [1.165, 1.54) is 12.1 Å². The van der Waals surface area contributed by atoms with Crippen molar-refractivity contribution in [1.29, 1.82) is 0 Å². The summed E-state index contributed by atoms with van der Waals surface area (Å²) in [7, 11) is 0. The molecule has 1 aromatic heterocycles. The van der Waals surface area contributed by atoms with E-state index >= 15 is 0 Å². The Kier molecular flexibility index (Phi) is 7.45. The SMILES string of the molecule is CC(C)CN=C(N)Nc1cc(C(C)NC(=O)N2CCc3cc(C(F)(F)F)ccc3C2)ccn1. The summed E-state index contributed by atoms with van der Waals surface area (Å²) in [6, 6.07) is 6.67. The van der Waals surface area contributed by atoms with Crippen LogP contribution in [0.4, 0.5) is 23.8 Å². The molecule has 1 unspecified atom stereocenters. The molecule has 0 radical (unpaired) electrons. The number of rotatable bonds is 5. The molecule has 3 rings (SSSR count). The maximum absolute atomic E-state index is 12.9. The van der Waals surface area contributed by atoms with Gasteiger partial charge in [0, 0.05) is 25.8 Å². The number of hydrogen-bond acceptors (Lipinski definition) is 3. The Morgan fingerprint density at radius 3 is 2.67 bits per heavy atom. The number of nitrogens with one attached hydrogen (secondary N) is 2. The Morgan fingerprint density at radius 2 is 1.97 bits per heavy atom. The van der Waals surface area contributed by atoms with Crippen LogP contribution in [0.25, 0.3) is 0 Å². The lowest BCUT2D eigenvalue weighted by molar-refractivity contribution is -0.137. The zero-order valence-corrected chi connectivity index (χ0v) is 18.9. The summed E-state index contributed by atoms with van der Waals surface area (Å²) >= 11 is 0. The molecule has 1 aromatic carbocycles. The van der Waals surface area contributed by atoms with Gasteiger partial charge in [-0.25, -0.2) is 9.78 Å². The van der Waals surface area contributed by atoms with Gasteiger partial charge in [0.1, 0.15) is 5.82 Å². The smallest absolute Gasteiger partial charge is 0.370 e. The summed E-state index contributed by atoms with van der Waals surface area (Å²) in [6.45, 7) is 7.14. The second-order valence-electron chi connectivity index (χ2n) is 8.54. The average Bonchev–Trinajstić information content (AvgIpc) is 2.76. The van der Waals surface area contributed by atoms with Gasteiger partial charge in [0.05, 0.1) is 11.6 Å². The van der Waals surface area contributed by atoms with Crippen molar-refractivity contribution in [3.8, 4) is 0 Å². The highest BCUT2D eigenvalue weighted by Crippen LogP contribution is 2.32. The van der Waals surface area contributed by atoms with Gasteiger partial charge in [0.15, 0.2) is 5.96 Å². The molecule has 0 fully saturated rings. The van der Waals surface area contributed by atoms with Crippen LogP contribution in [-0.4, -0.2) is 35.0 Å². The highest BCUT2D eigenvalue weighted by Gasteiger charge is 2.32. The minimum absolute atomic E-state index is 0.262. The van der Waals surface area contributed by atoms with E-state index in [1.54, 1.807) is 23.2 Å². The zero-order valence-electron chi connectivity index (χ0n) is 18.9. The number of hydrogen-bond donors (Lipinski definition) is 3. The first-order valence-electron chi connectivity index (χ1n) is 10.8. The number of aromatic nitrogens is 1. The Bertz CT molecular complexity index is 1020. The van der Waals surface area contributed by atoms with Crippen molar-refractivity contribution < 1.29 is 18.0 Å². The molecule has 1 aliphatic heterocycles. The standard InChI is InChI=1S/C23H29F3N6O/c1-14(2)12-29-21(27)31-20-11-16(6-8-28-20)15(3)30-22(33)32-9-7-17-10-19(23(24,25)26)5-4-18(17)13-32/h4-6,8,10-11,14-15H,7,9,12-13H2,1-3H3,(H,30,33)(H3,27,28,29,31). The van der Waals surface area contributed by atoms with E-state index in [0.29, 0.717) is 36.8 Å². The number of carbonyl (C=O) groups is 1. The lowest BCUT2D eigenvalue weighted by Gasteiger charge is -2.30. The first-order chi connectivity index (χ1) is 15.5. The van der Waals surface area contributed by atoms with Gasteiger partial charge in [0.25, 0.3) is 0 Å². The molecule has 178 valence electrons. The molecule has 0 saturated carbocycles. The van der Waals surface area contributed by atoms with E-state index in [2.05, 4.69) is 20.6 Å². The first-order valence-corrected chi connectivity index (χ1v) is 10.8. The summed E-state index contributed by atoms with van der Waals surface area (Å²) in [6.07, 6.45) is -2.38. The summed E-state index contributed by atoms with van der Waals surface area (Å²) in [5.41, 5.74) is 7.41. The van der Waals surface area contributed by atoms with Crippen LogP contribution in [0, 0.1) is 5.92 Å². The second kappa shape index (κ2) is 10.1. The number of carbonyl (C=O) groups excluding carboxylic acids is 1. The van der Waals surface area contributed by atoms with E-state index in [0.717, 1.165) is 17.2 Å². The molecule has 0 bridgehead atoms. The Labute approximate surface area is 191 Å². The largest absolute Gasteiger partial charge is 0.416 e. The van der Waals surface area contributed by atoms with E-state index in [1.807, 2.05) is 20.8 Å². The monoisotopic (exact) mass is 462 g/mol.